The van der Waals surface area contributed by atoms with Crippen LogP contribution in [0.2, 0.25) is 0 Å². The van der Waals surface area contributed by atoms with E-state index in [0.29, 0.717) is 19.3 Å². The van der Waals surface area contributed by atoms with Crippen molar-refractivity contribution in [2.75, 3.05) is 13.1 Å². The Morgan fingerprint density at radius 2 is 1.61 bits per heavy atom. The third-order valence-corrected chi connectivity index (χ3v) is 5.59. The molecule has 0 saturated carbocycles. The number of nitrogens with zero attached hydrogens (tertiary/aromatic N) is 1. The monoisotopic (exact) mass is 512 g/mol. The van der Waals surface area contributed by atoms with Gasteiger partial charge in [0.1, 0.15) is 18.1 Å². The van der Waals surface area contributed by atoms with E-state index in [1.54, 1.807) is 0 Å². The number of guanidine groups is 1. The minimum atomic E-state index is -1.37. The summed E-state index contributed by atoms with van der Waals surface area (Å²) in [4.78, 5) is 65.2. The Hall–Kier alpha value is -3.42. The number of carbonyl (C=O) groups is 5. The Labute approximate surface area is 210 Å². The zero-order valence-corrected chi connectivity index (χ0v) is 20.9. The van der Waals surface area contributed by atoms with E-state index in [-0.39, 0.29) is 49.6 Å². The molecule has 0 bridgehead atoms. The second-order valence-corrected chi connectivity index (χ2v) is 9.25. The number of nitrogens with two attached hydrogens (primary N) is 3. The topological polar surface area (TPSA) is 244 Å². The minimum absolute atomic E-state index is 0.0666. The molecule has 0 radical (unpaired) electrons. The second kappa shape index (κ2) is 15.5. The Balaban J connectivity index is 2.97. The summed E-state index contributed by atoms with van der Waals surface area (Å²) in [5.74, 6) is -3.72. The quantitative estimate of drug-likeness (QED) is 0.0625. The van der Waals surface area contributed by atoms with E-state index < -0.39 is 41.8 Å². The van der Waals surface area contributed by atoms with E-state index in [9.17, 15) is 29.1 Å². The maximum Gasteiger partial charge on any atom is 0.326 e. The molecule has 1 heterocycles. The second-order valence-electron chi connectivity index (χ2n) is 9.25. The maximum absolute atomic E-state index is 13.1. The SMILES string of the molecule is CC(C)CC(NC(=O)C1CCCN1)C(=O)NC(CCCN=C(N)N)C(=O)NC(CCC(N)=O)C(=O)O. The van der Waals surface area contributed by atoms with Gasteiger partial charge >= 0.3 is 5.97 Å². The number of carboxylic acids is 1. The van der Waals surface area contributed by atoms with Gasteiger partial charge in [-0.3, -0.25) is 24.2 Å². The van der Waals surface area contributed by atoms with Gasteiger partial charge in [-0.15, -0.1) is 0 Å². The molecule has 11 N–H and O–H groups in total. The third kappa shape index (κ3) is 11.8. The molecule has 14 nitrogen and oxygen atoms in total. The molecule has 1 fully saturated rings. The van der Waals surface area contributed by atoms with E-state index in [2.05, 4.69) is 26.3 Å². The van der Waals surface area contributed by atoms with Crippen molar-refractivity contribution < 1.29 is 29.1 Å². The molecule has 1 saturated heterocycles. The number of amides is 4. The lowest BCUT2D eigenvalue weighted by Crippen LogP contribution is -2.57. The Morgan fingerprint density at radius 1 is 0.972 bits per heavy atom. The van der Waals surface area contributed by atoms with Crippen LogP contribution in [-0.2, 0) is 24.0 Å². The number of carboxylic acid groups (broad SMARTS) is 1. The number of carbonyl (C=O) groups excluding carboxylic acids is 4. The van der Waals surface area contributed by atoms with Crippen LogP contribution in [0.1, 0.15) is 58.8 Å². The van der Waals surface area contributed by atoms with Crippen molar-refractivity contribution in [1.82, 2.24) is 21.3 Å². The summed E-state index contributed by atoms with van der Waals surface area (Å²) in [5, 5.41) is 20.2. The molecule has 36 heavy (non-hydrogen) atoms. The van der Waals surface area contributed by atoms with Crippen LogP contribution in [-0.4, -0.2) is 77.9 Å². The fourth-order valence-corrected chi connectivity index (χ4v) is 3.74. The fourth-order valence-electron chi connectivity index (χ4n) is 3.74. The summed E-state index contributed by atoms with van der Waals surface area (Å²) in [6.07, 6.45) is 1.83. The summed E-state index contributed by atoms with van der Waals surface area (Å²) in [5.41, 5.74) is 15.7. The minimum Gasteiger partial charge on any atom is -0.480 e. The highest BCUT2D eigenvalue weighted by Crippen LogP contribution is 2.10. The highest BCUT2D eigenvalue weighted by molar-refractivity contribution is 5.94. The lowest BCUT2D eigenvalue weighted by Gasteiger charge is -2.26. The van der Waals surface area contributed by atoms with Crippen molar-refractivity contribution in [2.24, 2.45) is 28.1 Å². The number of hydrogen-bond acceptors (Lipinski definition) is 7. The van der Waals surface area contributed by atoms with Gasteiger partial charge in [0, 0.05) is 13.0 Å². The van der Waals surface area contributed by atoms with E-state index in [4.69, 9.17) is 17.2 Å². The van der Waals surface area contributed by atoms with E-state index >= 15 is 0 Å². The largest absolute Gasteiger partial charge is 0.480 e. The van der Waals surface area contributed by atoms with E-state index in [1.807, 2.05) is 13.8 Å². The molecular weight excluding hydrogens is 472 g/mol. The first kappa shape index (κ1) is 30.6. The average Bonchev–Trinajstić information content (AvgIpc) is 3.32. The predicted octanol–water partition coefficient (Wildman–Crippen LogP) is -2.36. The number of hydrogen-bond donors (Lipinski definition) is 8. The predicted molar refractivity (Wildman–Crippen MR) is 132 cm³/mol. The molecule has 0 aliphatic carbocycles. The molecule has 1 rings (SSSR count). The van der Waals surface area contributed by atoms with Gasteiger partial charge in [0.25, 0.3) is 0 Å². The molecule has 0 aromatic carbocycles. The van der Waals surface area contributed by atoms with Crippen LogP contribution >= 0.6 is 0 Å². The first-order valence-electron chi connectivity index (χ1n) is 12.1. The van der Waals surface area contributed by atoms with Crippen molar-refractivity contribution in [3.05, 3.63) is 0 Å². The van der Waals surface area contributed by atoms with E-state index in [0.717, 1.165) is 13.0 Å². The fraction of sp³-hybridized carbons (Fsp3) is 0.727. The van der Waals surface area contributed by atoms with Crippen LogP contribution in [0.4, 0.5) is 0 Å². The van der Waals surface area contributed by atoms with Gasteiger partial charge < -0.3 is 43.6 Å². The molecule has 4 amide bonds. The molecular formula is C22H40N8O6. The highest BCUT2D eigenvalue weighted by atomic mass is 16.4. The van der Waals surface area contributed by atoms with Crippen LogP contribution in [0.3, 0.4) is 0 Å². The lowest BCUT2D eigenvalue weighted by molar-refractivity contribution is -0.142. The zero-order chi connectivity index (χ0) is 27.3. The Kier molecular flexibility index (Phi) is 13.2. The molecule has 0 aromatic heterocycles. The zero-order valence-electron chi connectivity index (χ0n) is 20.9. The number of primary amides is 1. The third-order valence-electron chi connectivity index (χ3n) is 5.59. The van der Waals surface area contributed by atoms with Gasteiger partial charge in [-0.05, 0) is 51.0 Å². The van der Waals surface area contributed by atoms with Gasteiger partial charge in [-0.25, -0.2) is 4.79 Å². The average molecular weight is 513 g/mol. The molecule has 1 aliphatic heterocycles. The summed E-state index contributed by atoms with van der Waals surface area (Å²) in [6.45, 7) is 4.70. The standard InChI is InChI=1S/C22H40N8O6/c1-12(2)11-16(30-18(32)13-5-3-9-26-13)20(34)28-14(6-4-10-27-22(24)25)19(33)29-15(21(35)36)7-8-17(23)31/h12-16,26H,3-11H2,1-2H3,(H2,23,31)(H,28,34)(H,29,33)(H,30,32)(H,35,36)(H4,24,25,27). The first-order chi connectivity index (χ1) is 16.9. The lowest BCUT2D eigenvalue weighted by atomic mass is 10.0. The first-order valence-corrected chi connectivity index (χ1v) is 12.1. The number of aliphatic carboxylic acids is 1. The highest BCUT2D eigenvalue weighted by Gasteiger charge is 2.31. The summed E-state index contributed by atoms with van der Waals surface area (Å²) >= 11 is 0. The van der Waals surface area contributed by atoms with Gasteiger partial charge in [-0.1, -0.05) is 13.8 Å². The van der Waals surface area contributed by atoms with Crippen LogP contribution in [0.25, 0.3) is 0 Å². The molecule has 14 heteroatoms. The maximum atomic E-state index is 13.1. The van der Waals surface area contributed by atoms with Crippen molar-refractivity contribution in [1.29, 1.82) is 0 Å². The van der Waals surface area contributed by atoms with Gasteiger partial charge in [0.2, 0.25) is 23.6 Å². The van der Waals surface area contributed by atoms with Crippen LogP contribution < -0.4 is 38.5 Å². The van der Waals surface area contributed by atoms with Crippen LogP contribution in [0.5, 0.6) is 0 Å². The number of nitrogens with one attached hydrogen (secondary N) is 4. The molecule has 204 valence electrons. The van der Waals surface area contributed by atoms with Crippen molar-refractivity contribution >= 4 is 35.6 Å². The molecule has 1 aliphatic rings. The molecule has 0 aromatic rings. The summed E-state index contributed by atoms with van der Waals surface area (Å²) in [7, 11) is 0. The van der Waals surface area contributed by atoms with Gasteiger partial charge in [0.15, 0.2) is 5.96 Å². The van der Waals surface area contributed by atoms with Gasteiger partial charge in [0.05, 0.1) is 6.04 Å². The molecule has 4 atom stereocenters. The van der Waals surface area contributed by atoms with Crippen LogP contribution in [0, 0.1) is 5.92 Å². The van der Waals surface area contributed by atoms with Crippen LogP contribution in [0.15, 0.2) is 4.99 Å². The number of aliphatic imine (C=N–C) groups is 1. The van der Waals surface area contributed by atoms with Gasteiger partial charge in [-0.2, -0.15) is 0 Å². The molecule has 4 unspecified atom stereocenters. The summed E-state index contributed by atoms with van der Waals surface area (Å²) < 4.78 is 0. The summed E-state index contributed by atoms with van der Waals surface area (Å²) in [6, 6.07) is -3.77. The van der Waals surface area contributed by atoms with Crippen molar-refractivity contribution in [3.63, 3.8) is 0 Å². The Bertz CT molecular complexity index is 808. The number of rotatable bonds is 16. The molecule has 0 spiro atoms. The smallest absolute Gasteiger partial charge is 0.326 e. The Morgan fingerprint density at radius 3 is 2.14 bits per heavy atom. The van der Waals surface area contributed by atoms with E-state index in [1.165, 1.54) is 0 Å². The van der Waals surface area contributed by atoms with Crippen molar-refractivity contribution in [3.8, 4) is 0 Å². The normalized spacial score (nSPS) is 17.5. The van der Waals surface area contributed by atoms with Crippen molar-refractivity contribution in [2.45, 2.75) is 83.0 Å².